The van der Waals surface area contributed by atoms with E-state index in [-0.39, 0.29) is 25.4 Å². The lowest BCUT2D eigenvalue weighted by atomic mass is 9.91. The first-order chi connectivity index (χ1) is 12.0. The predicted molar refractivity (Wildman–Crippen MR) is 80.2 cm³/mol. The Morgan fingerprint density at radius 3 is 2.31 bits per heavy atom. The maximum atomic E-state index is 13.8. The number of nitrogens with zero attached hydrogens (tertiary/aromatic N) is 1. The van der Waals surface area contributed by atoms with E-state index in [1.54, 1.807) is 12.2 Å². The average Bonchev–Trinajstić information content (AvgIpc) is 2.51. The van der Waals surface area contributed by atoms with Crippen LogP contribution in [0.4, 0.5) is 26.7 Å². The molecule has 0 saturated carbocycles. The van der Waals surface area contributed by atoms with Crippen LogP contribution in [0, 0.1) is 23.5 Å². The van der Waals surface area contributed by atoms with Crippen molar-refractivity contribution in [3.05, 3.63) is 35.4 Å². The van der Waals surface area contributed by atoms with Crippen molar-refractivity contribution in [2.45, 2.75) is 25.6 Å². The molecule has 144 valence electrons. The number of carboxylic acids is 1. The Morgan fingerprint density at radius 1 is 1.23 bits per heavy atom. The fraction of sp³-hybridized carbons (Fsp3) is 0.500. The van der Waals surface area contributed by atoms with Gasteiger partial charge in [-0.05, 0) is 24.5 Å². The number of likely N-dealkylation sites (tertiary alicyclic amines) is 1. The summed E-state index contributed by atoms with van der Waals surface area (Å²) in [7, 11) is 0. The first kappa shape index (κ1) is 19.9. The summed E-state index contributed by atoms with van der Waals surface area (Å²) in [5, 5.41) is 10.7. The maximum Gasteiger partial charge on any atom is 0.413 e. The van der Waals surface area contributed by atoms with Crippen molar-refractivity contribution in [3.63, 3.8) is 0 Å². The highest BCUT2D eigenvalue weighted by Gasteiger charge is 2.46. The van der Waals surface area contributed by atoms with Crippen molar-refractivity contribution in [2.75, 3.05) is 13.1 Å². The number of piperidine rings is 1. The molecule has 1 aromatic carbocycles. The fourth-order valence-corrected chi connectivity index (χ4v) is 3.02. The number of hydrogen-bond acceptors (Lipinski definition) is 2. The van der Waals surface area contributed by atoms with E-state index in [0.29, 0.717) is 12.1 Å². The SMILES string of the molecule is CC1CC(C(=O)O)CN(C(=O)NC(c2c(F)cccc2F)C(F)(F)F)C1. The van der Waals surface area contributed by atoms with Gasteiger partial charge in [0.05, 0.1) is 11.5 Å². The van der Waals surface area contributed by atoms with Crippen LogP contribution in [-0.2, 0) is 4.79 Å². The second kappa shape index (κ2) is 7.46. The summed E-state index contributed by atoms with van der Waals surface area (Å²) in [5.74, 6) is -5.21. The van der Waals surface area contributed by atoms with Crippen LogP contribution in [0.1, 0.15) is 24.9 Å². The van der Waals surface area contributed by atoms with Gasteiger partial charge in [-0.3, -0.25) is 4.79 Å². The largest absolute Gasteiger partial charge is 0.481 e. The molecule has 1 aliphatic rings. The van der Waals surface area contributed by atoms with Crippen molar-refractivity contribution in [1.29, 1.82) is 0 Å². The van der Waals surface area contributed by atoms with Crippen molar-refractivity contribution in [2.24, 2.45) is 11.8 Å². The highest BCUT2D eigenvalue weighted by Crippen LogP contribution is 2.35. The molecule has 26 heavy (non-hydrogen) atoms. The van der Waals surface area contributed by atoms with Crippen LogP contribution in [0.25, 0.3) is 0 Å². The second-order valence-electron chi connectivity index (χ2n) is 6.34. The lowest BCUT2D eigenvalue weighted by molar-refractivity contribution is -0.157. The monoisotopic (exact) mass is 380 g/mol. The third kappa shape index (κ3) is 4.41. The smallest absolute Gasteiger partial charge is 0.413 e. The molecule has 2 N–H and O–H groups in total. The van der Waals surface area contributed by atoms with Crippen LogP contribution < -0.4 is 5.32 Å². The first-order valence-corrected chi connectivity index (χ1v) is 7.79. The van der Waals surface area contributed by atoms with Crippen LogP contribution in [0.2, 0.25) is 0 Å². The molecule has 0 aromatic heterocycles. The zero-order chi connectivity index (χ0) is 19.6. The number of benzene rings is 1. The van der Waals surface area contributed by atoms with E-state index in [4.69, 9.17) is 5.11 Å². The van der Waals surface area contributed by atoms with Gasteiger partial charge in [-0.2, -0.15) is 13.2 Å². The van der Waals surface area contributed by atoms with Gasteiger partial charge in [0.25, 0.3) is 0 Å². The van der Waals surface area contributed by atoms with E-state index in [2.05, 4.69) is 0 Å². The number of carboxylic acid groups (broad SMARTS) is 1. The molecule has 1 heterocycles. The van der Waals surface area contributed by atoms with E-state index in [1.165, 1.54) is 0 Å². The molecule has 10 heteroatoms. The zero-order valence-electron chi connectivity index (χ0n) is 13.7. The molecular weight excluding hydrogens is 363 g/mol. The standard InChI is InChI=1S/C16H17F5N2O3/c1-8-5-9(14(24)25)7-23(6-8)15(26)22-13(16(19,20)21)12-10(17)3-2-4-11(12)18/h2-4,8-9,13H,5-7H2,1H3,(H,22,26)(H,24,25). The third-order valence-electron chi connectivity index (χ3n) is 4.18. The lowest BCUT2D eigenvalue weighted by Gasteiger charge is -2.36. The molecule has 0 radical (unpaired) electrons. The van der Waals surface area contributed by atoms with Gasteiger partial charge in [0.2, 0.25) is 0 Å². The molecule has 5 nitrogen and oxygen atoms in total. The van der Waals surface area contributed by atoms with E-state index in [0.717, 1.165) is 11.0 Å². The highest BCUT2D eigenvalue weighted by atomic mass is 19.4. The van der Waals surface area contributed by atoms with Crippen molar-refractivity contribution in [1.82, 2.24) is 10.2 Å². The molecule has 0 spiro atoms. The number of carbonyl (C=O) groups excluding carboxylic acids is 1. The summed E-state index contributed by atoms with van der Waals surface area (Å²) in [6.45, 7) is 1.42. The van der Waals surface area contributed by atoms with Gasteiger partial charge in [-0.1, -0.05) is 13.0 Å². The Bertz CT molecular complexity index is 675. The van der Waals surface area contributed by atoms with Crippen molar-refractivity contribution < 1.29 is 36.6 Å². The first-order valence-electron chi connectivity index (χ1n) is 7.79. The summed E-state index contributed by atoms with van der Waals surface area (Å²) >= 11 is 0. The minimum atomic E-state index is -5.15. The number of aliphatic carboxylic acids is 1. The van der Waals surface area contributed by atoms with Crippen LogP contribution >= 0.6 is 0 Å². The number of rotatable bonds is 3. The number of amides is 2. The second-order valence-corrected chi connectivity index (χ2v) is 6.34. The molecule has 3 unspecified atom stereocenters. The Morgan fingerprint density at radius 2 is 1.81 bits per heavy atom. The van der Waals surface area contributed by atoms with E-state index >= 15 is 0 Å². The van der Waals surface area contributed by atoms with E-state index < -0.39 is 47.3 Å². The van der Waals surface area contributed by atoms with Crippen LogP contribution in [0.5, 0.6) is 0 Å². The Kier molecular flexibility index (Phi) is 5.72. The molecule has 1 aromatic rings. The molecule has 3 atom stereocenters. The van der Waals surface area contributed by atoms with Gasteiger partial charge in [-0.25, -0.2) is 13.6 Å². The van der Waals surface area contributed by atoms with Crippen LogP contribution in [0.3, 0.4) is 0 Å². The van der Waals surface area contributed by atoms with Gasteiger partial charge >= 0.3 is 18.2 Å². The Labute approximate surface area is 145 Å². The number of hydrogen-bond donors (Lipinski definition) is 2. The normalized spacial score (nSPS) is 22.0. The number of nitrogens with one attached hydrogen (secondary N) is 1. The van der Waals surface area contributed by atoms with Gasteiger partial charge in [0, 0.05) is 13.1 Å². The fourth-order valence-electron chi connectivity index (χ4n) is 3.02. The van der Waals surface area contributed by atoms with E-state index in [9.17, 15) is 31.5 Å². The van der Waals surface area contributed by atoms with Gasteiger partial charge in [0.1, 0.15) is 11.6 Å². The Balaban J connectivity index is 2.26. The van der Waals surface area contributed by atoms with Gasteiger partial charge in [0.15, 0.2) is 6.04 Å². The molecule has 1 saturated heterocycles. The minimum Gasteiger partial charge on any atom is -0.481 e. The number of halogens is 5. The molecule has 1 fully saturated rings. The number of urea groups is 1. The Hall–Kier alpha value is -2.39. The van der Waals surface area contributed by atoms with Gasteiger partial charge in [-0.15, -0.1) is 0 Å². The molecule has 1 aliphatic heterocycles. The van der Waals surface area contributed by atoms with Crippen molar-refractivity contribution >= 4 is 12.0 Å². The molecule has 0 bridgehead atoms. The third-order valence-corrected chi connectivity index (χ3v) is 4.18. The van der Waals surface area contributed by atoms with Gasteiger partial charge < -0.3 is 15.3 Å². The summed E-state index contributed by atoms with van der Waals surface area (Å²) in [6, 6.07) is -1.89. The highest BCUT2D eigenvalue weighted by molar-refractivity contribution is 5.77. The van der Waals surface area contributed by atoms with E-state index in [1.807, 2.05) is 0 Å². The zero-order valence-corrected chi connectivity index (χ0v) is 13.7. The predicted octanol–water partition coefficient (Wildman–Crippen LogP) is 3.32. The minimum absolute atomic E-state index is 0.0416. The maximum absolute atomic E-state index is 13.8. The number of carbonyl (C=O) groups is 2. The van der Waals surface area contributed by atoms with Crippen molar-refractivity contribution in [3.8, 4) is 0 Å². The van der Waals surface area contributed by atoms with Crippen LogP contribution in [-0.4, -0.2) is 41.3 Å². The topological polar surface area (TPSA) is 69.6 Å². The van der Waals surface area contributed by atoms with Crippen LogP contribution in [0.15, 0.2) is 18.2 Å². The molecular formula is C16H17F5N2O3. The summed E-state index contributed by atoms with van der Waals surface area (Å²) in [6.07, 6.45) is -4.87. The summed E-state index contributed by atoms with van der Waals surface area (Å²) < 4.78 is 67.5. The quantitative estimate of drug-likeness (QED) is 0.791. The number of alkyl halides is 3. The summed E-state index contributed by atoms with van der Waals surface area (Å²) in [4.78, 5) is 24.3. The molecule has 0 aliphatic carbocycles. The molecule has 2 rings (SSSR count). The summed E-state index contributed by atoms with van der Waals surface area (Å²) in [5.41, 5.74) is -1.31. The lowest BCUT2D eigenvalue weighted by Crippen LogP contribution is -2.52. The molecule has 2 amide bonds. The average molecular weight is 380 g/mol.